The molecule has 1 aliphatic heterocycles. The van der Waals surface area contributed by atoms with Gasteiger partial charge in [0.1, 0.15) is 0 Å². The summed E-state index contributed by atoms with van der Waals surface area (Å²) in [7, 11) is 0. The van der Waals surface area contributed by atoms with E-state index in [1.807, 2.05) is 36.4 Å². The molecule has 0 radical (unpaired) electrons. The normalized spacial score (nSPS) is 20.4. The number of carbonyl (C=O) groups is 1. The zero-order valence-corrected chi connectivity index (χ0v) is 11.5. The zero-order chi connectivity index (χ0) is 14.2. The quantitative estimate of drug-likeness (QED) is 0.862. The summed E-state index contributed by atoms with van der Waals surface area (Å²) in [6.07, 6.45) is 0.484. The molecule has 1 amide bonds. The van der Waals surface area contributed by atoms with Crippen molar-refractivity contribution in [2.24, 2.45) is 4.99 Å². The largest absolute Gasteiger partial charge is 0.323 e. The summed E-state index contributed by atoms with van der Waals surface area (Å²) in [5.41, 5.74) is 1.61. The molecule has 2 aromatic rings. The van der Waals surface area contributed by atoms with Gasteiger partial charge in [-0.2, -0.15) is 0 Å². The molecule has 1 unspecified atom stereocenters. The van der Waals surface area contributed by atoms with E-state index in [4.69, 9.17) is 11.6 Å². The number of anilines is 1. The number of halogens is 1. The van der Waals surface area contributed by atoms with E-state index in [2.05, 4.69) is 17.0 Å². The van der Waals surface area contributed by atoms with Crippen LogP contribution < -0.4 is 5.32 Å². The van der Waals surface area contributed by atoms with Crippen LogP contribution in [-0.4, -0.2) is 12.6 Å². The van der Waals surface area contributed by atoms with Gasteiger partial charge >= 0.3 is 0 Å². The molecule has 4 heteroatoms. The second-order valence-electron chi connectivity index (χ2n) is 4.82. The fraction of sp³-hybridized carbons (Fsp3) is 0.125. The van der Waals surface area contributed by atoms with Gasteiger partial charge in [-0.1, -0.05) is 48.0 Å². The Balaban J connectivity index is 2.09. The predicted octanol–water partition coefficient (Wildman–Crippen LogP) is 3.43. The van der Waals surface area contributed by atoms with Crippen LogP contribution in [-0.2, 0) is 16.8 Å². The summed E-state index contributed by atoms with van der Waals surface area (Å²) < 4.78 is 0. The van der Waals surface area contributed by atoms with Gasteiger partial charge in [-0.3, -0.25) is 9.79 Å². The van der Waals surface area contributed by atoms with Gasteiger partial charge in [0.05, 0.1) is 0 Å². The van der Waals surface area contributed by atoms with Crippen LogP contribution in [0.25, 0.3) is 0 Å². The van der Waals surface area contributed by atoms with Crippen molar-refractivity contribution in [2.75, 3.05) is 5.32 Å². The number of carbonyl (C=O) groups excluding carboxylic acids is 1. The Hall–Kier alpha value is -2.13. The highest BCUT2D eigenvalue weighted by Crippen LogP contribution is 2.42. The molecule has 1 heterocycles. The molecule has 100 valence electrons. The van der Waals surface area contributed by atoms with Crippen LogP contribution in [0.2, 0.25) is 5.02 Å². The fourth-order valence-electron chi connectivity index (χ4n) is 2.61. The molecule has 2 aromatic carbocycles. The van der Waals surface area contributed by atoms with Crippen LogP contribution in [0.3, 0.4) is 0 Å². The van der Waals surface area contributed by atoms with E-state index < -0.39 is 5.54 Å². The van der Waals surface area contributed by atoms with Crippen molar-refractivity contribution in [2.45, 2.75) is 12.0 Å². The summed E-state index contributed by atoms with van der Waals surface area (Å²) in [6.45, 7) is 3.64. The molecule has 0 spiro atoms. The van der Waals surface area contributed by atoms with Gasteiger partial charge < -0.3 is 5.32 Å². The number of hydrogen-bond acceptors (Lipinski definition) is 2. The van der Waals surface area contributed by atoms with Crippen LogP contribution in [0.15, 0.2) is 53.5 Å². The van der Waals surface area contributed by atoms with E-state index in [1.54, 1.807) is 12.1 Å². The minimum atomic E-state index is -0.971. The minimum absolute atomic E-state index is 0.159. The highest BCUT2D eigenvalue weighted by molar-refractivity contribution is 6.31. The van der Waals surface area contributed by atoms with Crippen molar-refractivity contribution in [3.63, 3.8) is 0 Å². The van der Waals surface area contributed by atoms with E-state index in [0.29, 0.717) is 17.1 Å². The average molecular weight is 285 g/mol. The molecule has 0 bridgehead atoms. The van der Waals surface area contributed by atoms with Crippen LogP contribution in [0.4, 0.5) is 5.69 Å². The smallest absolute Gasteiger partial charge is 0.257 e. The van der Waals surface area contributed by atoms with Crippen molar-refractivity contribution in [3.8, 4) is 0 Å². The predicted molar refractivity (Wildman–Crippen MR) is 81.5 cm³/mol. The fourth-order valence-corrected chi connectivity index (χ4v) is 2.78. The summed E-state index contributed by atoms with van der Waals surface area (Å²) in [4.78, 5) is 16.6. The molecule has 20 heavy (non-hydrogen) atoms. The van der Waals surface area contributed by atoms with E-state index in [-0.39, 0.29) is 5.91 Å². The molecule has 0 saturated heterocycles. The first-order valence-electron chi connectivity index (χ1n) is 6.29. The van der Waals surface area contributed by atoms with Crippen molar-refractivity contribution >= 4 is 29.9 Å². The van der Waals surface area contributed by atoms with Gasteiger partial charge in [0.25, 0.3) is 5.91 Å². The number of fused-ring (bicyclic) bond motifs is 1. The number of nitrogens with one attached hydrogen (secondary N) is 1. The SMILES string of the molecule is C=NC1(Cc2ccccc2)C(=O)Nc2cc(Cl)ccc21. The van der Waals surface area contributed by atoms with Crippen molar-refractivity contribution < 1.29 is 4.79 Å². The first kappa shape index (κ1) is 12.9. The molecule has 1 N–H and O–H groups in total. The molecule has 0 aromatic heterocycles. The molecule has 0 aliphatic carbocycles. The van der Waals surface area contributed by atoms with Crippen molar-refractivity contribution in [1.82, 2.24) is 0 Å². The zero-order valence-electron chi connectivity index (χ0n) is 10.8. The van der Waals surface area contributed by atoms with E-state index in [1.165, 1.54) is 0 Å². The van der Waals surface area contributed by atoms with E-state index in [0.717, 1.165) is 11.1 Å². The van der Waals surface area contributed by atoms with E-state index >= 15 is 0 Å². The maximum absolute atomic E-state index is 12.4. The van der Waals surface area contributed by atoms with Gasteiger partial charge in [-0.05, 0) is 24.4 Å². The van der Waals surface area contributed by atoms with Gasteiger partial charge in [-0.25, -0.2) is 0 Å². The monoisotopic (exact) mass is 284 g/mol. The number of benzene rings is 2. The third-order valence-corrected chi connectivity index (χ3v) is 3.86. The maximum Gasteiger partial charge on any atom is 0.257 e. The van der Waals surface area contributed by atoms with E-state index in [9.17, 15) is 4.79 Å². The molecule has 0 saturated carbocycles. The van der Waals surface area contributed by atoms with Crippen molar-refractivity contribution in [3.05, 3.63) is 64.7 Å². The van der Waals surface area contributed by atoms with Crippen LogP contribution in [0, 0.1) is 0 Å². The molecular weight excluding hydrogens is 272 g/mol. The number of hydrogen-bond donors (Lipinski definition) is 1. The Labute approximate surface area is 122 Å². The lowest BCUT2D eigenvalue weighted by Gasteiger charge is -2.22. The lowest BCUT2D eigenvalue weighted by molar-refractivity contribution is -0.120. The first-order valence-corrected chi connectivity index (χ1v) is 6.67. The number of aliphatic imine (C=N–C) groups is 1. The summed E-state index contributed by atoms with van der Waals surface area (Å²) in [5.74, 6) is -0.159. The lowest BCUT2D eigenvalue weighted by atomic mass is 9.85. The van der Waals surface area contributed by atoms with Gasteiger partial charge in [0.2, 0.25) is 0 Å². The van der Waals surface area contributed by atoms with Crippen LogP contribution in [0.1, 0.15) is 11.1 Å². The minimum Gasteiger partial charge on any atom is -0.323 e. The Kier molecular flexibility index (Phi) is 3.07. The molecule has 3 rings (SSSR count). The Morgan fingerprint density at radius 2 is 1.95 bits per heavy atom. The average Bonchev–Trinajstić information content (AvgIpc) is 2.72. The number of nitrogens with zero attached hydrogens (tertiary/aromatic N) is 1. The topological polar surface area (TPSA) is 41.5 Å². The van der Waals surface area contributed by atoms with Gasteiger partial charge in [0, 0.05) is 22.7 Å². The third kappa shape index (κ3) is 1.91. The maximum atomic E-state index is 12.4. The molecule has 3 nitrogen and oxygen atoms in total. The molecular formula is C16H13ClN2O. The van der Waals surface area contributed by atoms with Crippen LogP contribution >= 0.6 is 11.6 Å². The summed E-state index contributed by atoms with van der Waals surface area (Å²) in [6, 6.07) is 15.1. The summed E-state index contributed by atoms with van der Waals surface area (Å²) in [5, 5.41) is 3.43. The van der Waals surface area contributed by atoms with Crippen LogP contribution in [0.5, 0.6) is 0 Å². The molecule has 1 atom stereocenters. The van der Waals surface area contributed by atoms with Gasteiger partial charge in [0.15, 0.2) is 5.54 Å². The van der Waals surface area contributed by atoms with Crippen molar-refractivity contribution in [1.29, 1.82) is 0 Å². The standard InChI is InChI=1S/C16H13ClN2O/c1-18-16(10-11-5-3-2-4-6-11)13-8-7-12(17)9-14(13)19-15(16)20/h2-9H,1,10H2,(H,19,20). The second-order valence-corrected chi connectivity index (χ2v) is 5.26. The Morgan fingerprint density at radius 3 is 2.65 bits per heavy atom. The third-order valence-electron chi connectivity index (χ3n) is 3.62. The number of amides is 1. The highest BCUT2D eigenvalue weighted by atomic mass is 35.5. The summed E-state index contributed by atoms with van der Waals surface area (Å²) >= 11 is 5.97. The number of rotatable bonds is 3. The first-order chi connectivity index (χ1) is 9.65. The molecule has 0 fully saturated rings. The Morgan fingerprint density at radius 1 is 1.20 bits per heavy atom. The van der Waals surface area contributed by atoms with Gasteiger partial charge in [-0.15, -0.1) is 0 Å². The lowest BCUT2D eigenvalue weighted by Crippen LogP contribution is -2.34. The second kappa shape index (κ2) is 4.76. The highest BCUT2D eigenvalue weighted by Gasteiger charge is 2.46. The molecule has 1 aliphatic rings. The Bertz CT molecular complexity index is 684.